The summed E-state index contributed by atoms with van der Waals surface area (Å²) in [4.78, 5) is 36.0. The second-order valence-electron chi connectivity index (χ2n) is 6.44. The normalized spacial score (nSPS) is 15.0. The van der Waals surface area contributed by atoms with Crippen molar-refractivity contribution < 1.29 is 28.3 Å². The summed E-state index contributed by atoms with van der Waals surface area (Å²) in [6.45, 7) is 12.5. The molecule has 21 heavy (non-hydrogen) atoms. The van der Waals surface area contributed by atoms with Crippen molar-refractivity contribution >= 4 is 26.0 Å². The minimum Gasteiger partial charge on any atom is -0.467 e. The summed E-state index contributed by atoms with van der Waals surface area (Å²) < 4.78 is 15.2. The summed E-state index contributed by atoms with van der Waals surface area (Å²) in [5.74, 6) is -3.03. The number of Topliss-reactive ketones (excluding diaryl/α,β-unsaturated/α-hetero) is 1. The minimum absolute atomic E-state index is 0.0436. The average Bonchev–Trinajstić information content (AvgIpc) is 2.34. The van der Waals surface area contributed by atoms with Crippen LogP contribution in [0.2, 0.25) is 18.1 Å². The maximum Gasteiger partial charge on any atom is 0.378 e. The molecule has 0 fully saturated rings. The van der Waals surface area contributed by atoms with Gasteiger partial charge in [-0.2, -0.15) is 0 Å². The van der Waals surface area contributed by atoms with Gasteiger partial charge in [-0.15, -0.1) is 0 Å². The Balaban J connectivity index is 5.63. The van der Waals surface area contributed by atoms with E-state index in [-0.39, 0.29) is 11.6 Å². The number of esters is 2. The fourth-order valence-electron chi connectivity index (χ4n) is 1.43. The van der Waals surface area contributed by atoms with Gasteiger partial charge in [-0.1, -0.05) is 20.8 Å². The lowest BCUT2D eigenvalue weighted by Gasteiger charge is -2.41. The van der Waals surface area contributed by atoms with Crippen LogP contribution in [0.25, 0.3) is 0 Å². The van der Waals surface area contributed by atoms with Crippen LogP contribution in [0.5, 0.6) is 0 Å². The van der Waals surface area contributed by atoms with Crippen LogP contribution < -0.4 is 0 Å². The molecule has 0 radical (unpaired) electrons. The number of hydrogen-bond acceptors (Lipinski definition) is 6. The first-order valence-electron chi connectivity index (χ1n) is 6.83. The van der Waals surface area contributed by atoms with Crippen LogP contribution in [-0.4, -0.2) is 45.4 Å². The van der Waals surface area contributed by atoms with Crippen molar-refractivity contribution in [3.8, 4) is 0 Å². The molecule has 1 atom stereocenters. The number of hydrogen-bond donors (Lipinski definition) is 0. The number of ether oxygens (including phenoxy) is 2. The summed E-state index contributed by atoms with van der Waals surface area (Å²) >= 11 is 0. The third-order valence-electron chi connectivity index (χ3n) is 3.73. The molecule has 0 bridgehead atoms. The quantitative estimate of drug-likeness (QED) is 0.323. The van der Waals surface area contributed by atoms with E-state index in [1.54, 1.807) is 6.92 Å². The highest BCUT2D eigenvalue weighted by Gasteiger charge is 2.53. The average molecular weight is 318 g/mol. The third-order valence-corrected chi connectivity index (χ3v) is 8.27. The van der Waals surface area contributed by atoms with E-state index >= 15 is 0 Å². The lowest BCUT2D eigenvalue weighted by Crippen LogP contribution is -2.58. The minimum atomic E-state index is -2.48. The molecular formula is C14H26O6Si. The van der Waals surface area contributed by atoms with Gasteiger partial charge < -0.3 is 13.9 Å². The molecule has 0 aliphatic rings. The molecule has 0 aromatic carbocycles. The van der Waals surface area contributed by atoms with Crippen LogP contribution >= 0.6 is 0 Å². The molecule has 0 rings (SSSR count). The third kappa shape index (κ3) is 4.37. The number of methoxy groups -OCH3 is 1. The Morgan fingerprint density at radius 1 is 1.05 bits per heavy atom. The predicted molar refractivity (Wildman–Crippen MR) is 80.3 cm³/mol. The van der Waals surface area contributed by atoms with Crippen molar-refractivity contribution in [2.45, 2.75) is 58.4 Å². The highest BCUT2D eigenvalue weighted by molar-refractivity contribution is 6.74. The number of ketones is 1. The molecule has 7 heteroatoms. The largest absolute Gasteiger partial charge is 0.467 e. The second kappa shape index (κ2) is 6.70. The van der Waals surface area contributed by atoms with Crippen molar-refractivity contribution in [1.29, 1.82) is 0 Å². The predicted octanol–water partition coefficient (Wildman–Crippen LogP) is 2.07. The summed E-state index contributed by atoms with van der Waals surface area (Å²) in [5.41, 5.74) is -1.98. The Labute approximate surface area is 127 Å². The number of rotatable bonds is 6. The zero-order valence-electron chi connectivity index (χ0n) is 14.2. The van der Waals surface area contributed by atoms with Crippen molar-refractivity contribution in [2.75, 3.05) is 13.7 Å². The van der Waals surface area contributed by atoms with Crippen LogP contribution in [-0.2, 0) is 28.3 Å². The van der Waals surface area contributed by atoms with E-state index < -0.39 is 31.6 Å². The highest BCUT2D eigenvalue weighted by atomic mass is 28.4. The first-order valence-corrected chi connectivity index (χ1v) is 9.74. The van der Waals surface area contributed by atoms with Crippen molar-refractivity contribution in [1.82, 2.24) is 0 Å². The summed E-state index contributed by atoms with van der Waals surface area (Å²) in [5, 5.41) is -0.239. The van der Waals surface area contributed by atoms with Gasteiger partial charge in [-0.3, -0.25) is 4.79 Å². The van der Waals surface area contributed by atoms with Crippen LogP contribution in [0.4, 0.5) is 0 Å². The smallest absolute Gasteiger partial charge is 0.378 e. The molecule has 122 valence electrons. The van der Waals surface area contributed by atoms with E-state index in [0.29, 0.717) is 0 Å². The molecule has 0 saturated heterocycles. The van der Waals surface area contributed by atoms with Gasteiger partial charge in [0, 0.05) is 0 Å². The molecule has 0 amide bonds. The van der Waals surface area contributed by atoms with Crippen LogP contribution in [0.3, 0.4) is 0 Å². The van der Waals surface area contributed by atoms with E-state index in [0.717, 1.165) is 7.11 Å². The van der Waals surface area contributed by atoms with Gasteiger partial charge in [-0.25, -0.2) is 9.59 Å². The molecule has 0 heterocycles. The first-order chi connectivity index (χ1) is 9.33. The molecule has 1 unspecified atom stereocenters. The van der Waals surface area contributed by atoms with Crippen molar-refractivity contribution in [3.05, 3.63) is 0 Å². The maximum absolute atomic E-state index is 12.3. The molecule has 0 spiro atoms. The Hall–Kier alpha value is -1.21. The maximum atomic E-state index is 12.3. The van der Waals surface area contributed by atoms with Gasteiger partial charge in [-0.05, 0) is 32.0 Å². The number of carbonyl (C=O) groups is 3. The second-order valence-corrected chi connectivity index (χ2v) is 11.2. The first kappa shape index (κ1) is 19.8. The Bertz CT molecular complexity index is 424. The SMILES string of the molecule is CCOC(=O)C(=O)C(C)(O[Si](C)(C)C(C)(C)C)C(=O)OC. The summed E-state index contributed by atoms with van der Waals surface area (Å²) in [6, 6.07) is 0. The topological polar surface area (TPSA) is 78.9 Å². The van der Waals surface area contributed by atoms with Gasteiger partial charge in [0.05, 0.1) is 13.7 Å². The molecule has 0 aromatic heterocycles. The van der Waals surface area contributed by atoms with E-state index in [9.17, 15) is 14.4 Å². The Morgan fingerprint density at radius 3 is 1.86 bits per heavy atom. The lowest BCUT2D eigenvalue weighted by atomic mass is 10.0. The zero-order valence-corrected chi connectivity index (χ0v) is 15.2. The van der Waals surface area contributed by atoms with Crippen LogP contribution in [0, 0.1) is 0 Å². The highest BCUT2D eigenvalue weighted by Crippen LogP contribution is 2.39. The van der Waals surface area contributed by atoms with Crippen molar-refractivity contribution in [3.63, 3.8) is 0 Å². The van der Waals surface area contributed by atoms with Gasteiger partial charge >= 0.3 is 11.9 Å². The molecule has 0 aliphatic heterocycles. The lowest BCUT2D eigenvalue weighted by molar-refractivity contribution is -0.172. The van der Waals surface area contributed by atoms with E-state index in [1.807, 2.05) is 33.9 Å². The van der Waals surface area contributed by atoms with Gasteiger partial charge in [0.2, 0.25) is 5.60 Å². The zero-order chi connectivity index (χ0) is 17.1. The van der Waals surface area contributed by atoms with Gasteiger partial charge in [0.15, 0.2) is 8.32 Å². The van der Waals surface area contributed by atoms with Crippen LogP contribution in [0.15, 0.2) is 0 Å². The molecule has 6 nitrogen and oxygen atoms in total. The standard InChI is InChI=1S/C14H26O6Si/c1-9-19-11(16)10(15)14(5,12(17)18-6)20-21(7,8)13(2,3)4/h9H2,1-8H3. The van der Waals surface area contributed by atoms with Crippen molar-refractivity contribution in [2.24, 2.45) is 0 Å². The Morgan fingerprint density at radius 2 is 1.52 bits per heavy atom. The van der Waals surface area contributed by atoms with Gasteiger partial charge in [0.25, 0.3) is 5.78 Å². The van der Waals surface area contributed by atoms with E-state index in [1.165, 1.54) is 6.92 Å². The van der Waals surface area contributed by atoms with Crippen LogP contribution in [0.1, 0.15) is 34.6 Å². The van der Waals surface area contributed by atoms with E-state index in [4.69, 9.17) is 4.43 Å². The monoisotopic (exact) mass is 318 g/mol. The molecule has 0 N–H and O–H groups in total. The van der Waals surface area contributed by atoms with E-state index in [2.05, 4.69) is 9.47 Å². The van der Waals surface area contributed by atoms with Gasteiger partial charge in [0.1, 0.15) is 0 Å². The molecule has 0 aromatic rings. The summed E-state index contributed by atoms with van der Waals surface area (Å²) in [6.07, 6.45) is 0. The Kier molecular flexibility index (Phi) is 6.31. The molecular weight excluding hydrogens is 292 g/mol. The fraction of sp³-hybridized carbons (Fsp3) is 0.786. The fourth-order valence-corrected chi connectivity index (χ4v) is 2.93. The molecule has 0 saturated carbocycles. The molecule has 0 aliphatic carbocycles. The summed E-state index contributed by atoms with van der Waals surface area (Å²) in [7, 11) is -1.33. The number of carbonyl (C=O) groups excluding carboxylic acids is 3.